The molecule has 0 heterocycles. The van der Waals surface area contributed by atoms with Gasteiger partial charge in [0.25, 0.3) is 0 Å². The number of aliphatic hydroxyl groups excluding tert-OH is 1. The second-order valence-corrected chi connectivity index (χ2v) is 6.04. The average Bonchev–Trinajstić information content (AvgIpc) is 2.45. The van der Waals surface area contributed by atoms with Gasteiger partial charge < -0.3 is 10.8 Å². The molecule has 0 fully saturated rings. The molecular formula is C17H27ClFNO. The predicted molar refractivity (Wildman–Crippen MR) is 87.2 cm³/mol. The molecule has 0 aliphatic heterocycles. The molecule has 0 aromatic heterocycles. The number of aliphatic hydroxyl groups is 1. The largest absolute Gasteiger partial charge is 0.392 e. The summed E-state index contributed by atoms with van der Waals surface area (Å²) < 4.78 is 13.1. The van der Waals surface area contributed by atoms with E-state index in [0.29, 0.717) is 18.0 Å². The van der Waals surface area contributed by atoms with Crippen LogP contribution in [0.5, 0.6) is 0 Å². The van der Waals surface area contributed by atoms with Gasteiger partial charge in [-0.3, -0.25) is 0 Å². The van der Waals surface area contributed by atoms with E-state index in [9.17, 15) is 9.50 Å². The summed E-state index contributed by atoms with van der Waals surface area (Å²) in [7, 11) is 0. The first kappa shape index (κ1) is 18.4. The highest BCUT2D eigenvalue weighted by Gasteiger charge is 2.21. The van der Waals surface area contributed by atoms with Crippen molar-refractivity contribution in [2.75, 3.05) is 6.54 Å². The highest BCUT2D eigenvalue weighted by molar-refractivity contribution is 6.31. The van der Waals surface area contributed by atoms with Crippen LogP contribution in [0.3, 0.4) is 0 Å². The molecule has 2 atom stereocenters. The molecule has 1 aromatic rings. The SMILES string of the molecule is CCCCCCCCC(O)C(CN)c1ccc(F)cc1Cl. The molecule has 0 bridgehead atoms. The number of nitrogens with two attached hydrogens (primary N) is 1. The summed E-state index contributed by atoms with van der Waals surface area (Å²) in [5.74, 6) is -0.598. The normalized spacial score (nSPS) is 14.1. The van der Waals surface area contributed by atoms with Crippen LogP contribution < -0.4 is 5.73 Å². The van der Waals surface area contributed by atoms with Gasteiger partial charge in [-0.15, -0.1) is 0 Å². The third-order valence-corrected chi connectivity index (χ3v) is 4.26. The molecule has 2 nitrogen and oxygen atoms in total. The standard InChI is InChI=1S/C17H27ClFNO/c1-2-3-4-5-6-7-8-17(21)15(12-20)14-10-9-13(19)11-16(14)18/h9-11,15,17,21H,2-8,12,20H2,1H3. The van der Waals surface area contributed by atoms with Crippen molar-refractivity contribution in [3.63, 3.8) is 0 Å². The van der Waals surface area contributed by atoms with E-state index in [-0.39, 0.29) is 11.7 Å². The lowest BCUT2D eigenvalue weighted by molar-refractivity contribution is 0.132. The van der Waals surface area contributed by atoms with Crippen LogP contribution in [0.4, 0.5) is 4.39 Å². The monoisotopic (exact) mass is 315 g/mol. The molecular weight excluding hydrogens is 289 g/mol. The number of hydrogen-bond acceptors (Lipinski definition) is 2. The maximum absolute atomic E-state index is 13.1. The number of halogens is 2. The maximum atomic E-state index is 13.1. The van der Waals surface area contributed by atoms with E-state index in [1.165, 1.54) is 37.8 Å². The van der Waals surface area contributed by atoms with Crippen molar-refractivity contribution in [3.8, 4) is 0 Å². The summed E-state index contributed by atoms with van der Waals surface area (Å²) in [4.78, 5) is 0. The molecule has 0 radical (unpaired) electrons. The lowest BCUT2D eigenvalue weighted by atomic mass is 9.90. The molecule has 3 N–H and O–H groups in total. The van der Waals surface area contributed by atoms with E-state index < -0.39 is 6.10 Å². The molecule has 1 aromatic carbocycles. The van der Waals surface area contributed by atoms with E-state index in [1.807, 2.05) is 0 Å². The molecule has 21 heavy (non-hydrogen) atoms. The van der Waals surface area contributed by atoms with Gasteiger partial charge in [-0.2, -0.15) is 0 Å². The number of unbranched alkanes of at least 4 members (excludes halogenated alkanes) is 5. The minimum absolute atomic E-state index is 0.228. The third-order valence-electron chi connectivity index (χ3n) is 3.93. The first-order valence-corrected chi connectivity index (χ1v) is 8.31. The van der Waals surface area contributed by atoms with Gasteiger partial charge in [-0.25, -0.2) is 4.39 Å². The second-order valence-electron chi connectivity index (χ2n) is 5.63. The van der Waals surface area contributed by atoms with Gasteiger partial charge >= 0.3 is 0 Å². The van der Waals surface area contributed by atoms with Crippen molar-refractivity contribution in [3.05, 3.63) is 34.6 Å². The zero-order valence-corrected chi connectivity index (χ0v) is 13.6. The van der Waals surface area contributed by atoms with Gasteiger partial charge in [-0.05, 0) is 24.1 Å². The Morgan fingerprint density at radius 3 is 2.48 bits per heavy atom. The van der Waals surface area contributed by atoms with Crippen molar-refractivity contribution in [2.45, 2.75) is 63.9 Å². The zero-order valence-electron chi connectivity index (χ0n) is 12.8. The Morgan fingerprint density at radius 1 is 1.19 bits per heavy atom. The van der Waals surface area contributed by atoms with Crippen molar-refractivity contribution < 1.29 is 9.50 Å². The van der Waals surface area contributed by atoms with Gasteiger partial charge in [-0.1, -0.05) is 63.1 Å². The summed E-state index contributed by atoms with van der Waals surface area (Å²) in [6.07, 6.45) is 7.29. The smallest absolute Gasteiger partial charge is 0.124 e. The van der Waals surface area contributed by atoms with Crippen molar-refractivity contribution in [2.24, 2.45) is 5.73 Å². The Kier molecular flexibility index (Phi) is 8.90. The third kappa shape index (κ3) is 6.33. The Morgan fingerprint density at radius 2 is 1.86 bits per heavy atom. The van der Waals surface area contributed by atoms with E-state index >= 15 is 0 Å². The summed E-state index contributed by atoms with van der Waals surface area (Å²) in [6, 6.07) is 4.26. The molecule has 0 saturated carbocycles. The van der Waals surface area contributed by atoms with E-state index in [0.717, 1.165) is 18.4 Å². The lowest BCUT2D eigenvalue weighted by Crippen LogP contribution is -2.26. The van der Waals surface area contributed by atoms with Crippen LogP contribution >= 0.6 is 11.6 Å². The molecule has 0 saturated heterocycles. The zero-order chi connectivity index (χ0) is 15.7. The van der Waals surface area contributed by atoms with Crippen LogP contribution in [0, 0.1) is 5.82 Å². The second kappa shape index (κ2) is 10.1. The maximum Gasteiger partial charge on any atom is 0.124 e. The number of benzene rings is 1. The van der Waals surface area contributed by atoms with E-state index in [2.05, 4.69) is 6.92 Å². The first-order chi connectivity index (χ1) is 10.1. The van der Waals surface area contributed by atoms with Crippen LogP contribution in [-0.2, 0) is 0 Å². The van der Waals surface area contributed by atoms with Gasteiger partial charge in [0.1, 0.15) is 5.82 Å². The summed E-state index contributed by atoms with van der Waals surface area (Å²) >= 11 is 6.06. The van der Waals surface area contributed by atoms with Crippen LogP contribution in [0.15, 0.2) is 18.2 Å². The summed E-state index contributed by atoms with van der Waals surface area (Å²) in [5, 5.41) is 10.7. The van der Waals surface area contributed by atoms with Crippen LogP contribution in [-0.4, -0.2) is 17.8 Å². The molecule has 0 amide bonds. The number of rotatable bonds is 10. The molecule has 0 aliphatic carbocycles. The summed E-state index contributed by atoms with van der Waals surface area (Å²) in [5.41, 5.74) is 6.51. The molecule has 4 heteroatoms. The predicted octanol–water partition coefficient (Wildman–Crippen LogP) is 4.63. The van der Waals surface area contributed by atoms with Gasteiger partial charge in [0.05, 0.1) is 6.10 Å². The average molecular weight is 316 g/mol. The molecule has 120 valence electrons. The number of hydrogen-bond donors (Lipinski definition) is 2. The lowest BCUT2D eigenvalue weighted by Gasteiger charge is -2.23. The fourth-order valence-electron chi connectivity index (χ4n) is 2.63. The van der Waals surface area contributed by atoms with Crippen molar-refractivity contribution >= 4 is 11.6 Å². The highest BCUT2D eigenvalue weighted by Crippen LogP contribution is 2.29. The fraction of sp³-hybridized carbons (Fsp3) is 0.647. The van der Waals surface area contributed by atoms with Crippen LogP contribution in [0.25, 0.3) is 0 Å². The highest BCUT2D eigenvalue weighted by atomic mass is 35.5. The molecule has 2 unspecified atom stereocenters. The van der Waals surface area contributed by atoms with Gasteiger partial charge in [0, 0.05) is 17.5 Å². The summed E-state index contributed by atoms with van der Waals surface area (Å²) in [6.45, 7) is 2.50. The van der Waals surface area contributed by atoms with Crippen LogP contribution in [0.1, 0.15) is 63.4 Å². The molecule has 0 aliphatic rings. The van der Waals surface area contributed by atoms with Crippen molar-refractivity contribution in [1.29, 1.82) is 0 Å². The van der Waals surface area contributed by atoms with Crippen LogP contribution in [0.2, 0.25) is 5.02 Å². The topological polar surface area (TPSA) is 46.2 Å². The van der Waals surface area contributed by atoms with Gasteiger partial charge in [0.15, 0.2) is 0 Å². The van der Waals surface area contributed by atoms with E-state index in [4.69, 9.17) is 17.3 Å². The minimum Gasteiger partial charge on any atom is -0.392 e. The van der Waals surface area contributed by atoms with Gasteiger partial charge in [0.2, 0.25) is 0 Å². The Bertz CT molecular complexity index is 414. The Labute approximate surface area is 132 Å². The van der Waals surface area contributed by atoms with E-state index in [1.54, 1.807) is 6.07 Å². The fourth-order valence-corrected chi connectivity index (χ4v) is 2.94. The Balaban J connectivity index is 2.47. The Hall–Kier alpha value is -0.640. The van der Waals surface area contributed by atoms with Crippen molar-refractivity contribution in [1.82, 2.24) is 0 Å². The minimum atomic E-state index is -0.524. The molecule has 1 rings (SSSR count). The molecule has 0 spiro atoms. The first-order valence-electron chi connectivity index (χ1n) is 7.93. The quantitative estimate of drug-likeness (QED) is 0.618.